The van der Waals surface area contributed by atoms with E-state index in [2.05, 4.69) is 22.0 Å². The number of carbonyl (C=O) groups is 1. The van der Waals surface area contributed by atoms with E-state index in [1.54, 1.807) is 0 Å². The Hall–Kier alpha value is -1.07. The lowest BCUT2D eigenvalue weighted by Crippen LogP contribution is -2.39. The lowest BCUT2D eigenvalue weighted by Gasteiger charge is -2.33. The molecule has 1 saturated heterocycles. The van der Waals surface area contributed by atoms with Crippen LogP contribution in [0.3, 0.4) is 0 Å². The Morgan fingerprint density at radius 1 is 1.30 bits per heavy atom. The molecular formula is C15H17BrO4. The number of fused-ring (bicyclic) bond motifs is 1. The van der Waals surface area contributed by atoms with E-state index in [0.717, 1.165) is 22.2 Å². The molecular weight excluding hydrogens is 324 g/mol. The number of rotatable bonds is 3. The molecule has 0 aromatic heterocycles. The Bertz CT molecular complexity index is 535. The fraction of sp³-hybridized carbons (Fsp3) is 0.533. The van der Waals surface area contributed by atoms with Crippen molar-refractivity contribution in [2.24, 2.45) is 5.41 Å². The van der Waals surface area contributed by atoms with E-state index < -0.39 is 11.4 Å². The first-order chi connectivity index (χ1) is 9.61. The molecule has 0 radical (unpaired) electrons. The smallest absolute Gasteiger partial charge is 0.310 e. The van der Waals surface area contributed by atoms with Crippen LogP contribution < -0.4 is 4.74 Å². The summed E-state index contributed by atoms with van der Waals surface area (Å²) in [7, 11) is 0. The predicted molar refractivity (Wildman–Crippen MR) is 77.2 cm³/mol. The van der Waals surface area contributed by atoms with Gasteiger partial charge in [0.25, 0.3) is 0 Å². The average molecular weight is 341 g/mol. The molecule has 1 aromatic carbocycles. The summed E-state index contributed by atoms with van der Waals surface area (Å²) >= 11 is 3.51. The van der Waals surface area contributed by atoms with E-state index in [9.17, 15) is 9.90 Å². The monoisotopic (exact) mass is 340 g/mol. The first-order valence-electron chi connectivity index (χ1n) is 6.86. The van der Waals surface area contributed by atoms with Crippen LogP contribution in [0.15, 0.2) is 16.6 Å². The molecule has 0 unspecified atom stereocenters. The van der Waals surface area contributed by atoms with Gasteiger partial charge in [-0.1, -0.05) is 15.9 Å². The molecule has 4 nitrogen and oxygen atoms in total. The van der Waals surface area contributed by atoms with Crippen LogP contribution in [0, 0.1) is 5.41 Å². The first kappa shape index (κ1) is 13.9. The first-order valence-corrected chi connectivity index (χ1v) is 7.65. The summed E-state index contributed by atoms with van der Waals surface area (Å²) < 4.78 is 12.0. The Morgan fingerprint density at radius 2 is 2.05 bits per heavy atom. The summed E-state index contributed by atoms with van der Waals surface area (Å²) in [6, 6.07) is 4.05. The molecule has 0 atom stereocenters. The number of carboxylic acids is 1. The van der Waals surface area contributed by atoms with Crippen molar-refractivity contribution >= 4 is 21.9 Å². The fourth-order valence-electron chi connectivity index (χ4n) is 3.07. The molecule has 0 aliphatic carbocycles. The quantitative estimate of drug-likeness (QED) is 0.919. The van der Waals surface area contributed by atoms with Gasteiger partial charge in [0.2, 0.25) is 0 Å². The van der Waals surface area contributed by atoms with Crippen LogP contribution in [0.1, 0.15) is 24.0 Å². The van der Waals surface area contributed by atoms with Gasteiger partial charge >= 0.3 is 5.97 Å². The topological polar surface area (TPSA) is 55.8 Å². The molecule has 2 aliphatic heterocycles. The summed E-state index contributed by atoms with van der Waals surface area (Å²) in [5, 5.41) is 9.66. The van der Waals surface area contributed by atoms with Crippen LogP contribution in [0.25, 0.3) is 0 Å². The minimum Gasteiger partial charge on any atom is -0.493 e. The van der Waals surface area contributed by atoms with E-state index in [0.29, 0.717) is 39.1 Å². The second-order valence-electron chi connectivity index (χ2n) is 5.53. The summed E-state index contributed by atoms with van der Waals surface area (Å²) in [4.78, 5) is 11.8. The van der Waals surface area contributed by atoms with Gasteiger partial charge in [-0.3, -0.25) is 4.79 Å². The molecule has 3 rings (SSSR count). The third-order valence-corrected chi connectivity index (χ3v) is 4.72. The van der Waals surface area contributed by atoms with Gasteiger partial charge < -0.3 is 14.6 Å². The molecule has 0 bridgehead atoms. The Morgan fingerprint density at radius 3 is 2.75 bits per heavy atom. The zero-order valence-corrected chi connectivity index (χ0v) is 12.7. The molecule has 1 fully saturated rings. The second kappa shape index (κ2) is 5.37. The lowest BCUT2D eigenvalue weighted by atomic mass is 9.75. The third kappa shape index (κ3) is 2.44. The summed E-state index contributed by atoms with van der Waals surface area (Å²) in [6.07, 6.45) is 2.52. The molecule has 2 heterocycles. The number of hydrogen-bond acceptors (Lipinski definition) is 3. The molecule has 5 heteroatoms. The summed E-state index contributed by atoms with van der Waals surface area (Å²) in [6.45, 7) is 1.72. The van der Waals surface area contributed by atoms with Gasteiger partial charge in [0.15, 0.2) is 0 Å². The van der Waals surface area contributed by atoms with E-state index in [-0.39, 0.29) is 0 Å². The largest absolute Gasteiger partial charge is 0.493 e. The van der Waals surface area contributed by atoms with Gasteiger partial charge in [-0.15, -0.1) is 0 Å². The highest BCUT2D eigenvalue weighted by atomic mass is 79.9. The maximum Gasteiger partial charge on any atom is 0.310 e. The molecule has 2 aliphatic rings. The molecule has 108 valence electrons. The van der Waals surface area contributed by atoms with Crippen molar-refractivity contribution in [1.82, 2.24) is 0 Å². The Balaban J connectivity index is 1.95. The fourth-order valence-corrected chi connectivity index (χ4v) is 3.62. The number of hydrogen-bond donors (Lipinski definition) is 1. The van der Waals surface area contributed by atoms with E-state index in [1.165, 1.54) is 5.56 Å². The second-order valence-corrected chi connectivity index (χ2v) is 6.44. The van der Waals surface area contributed by atoms with Crippen molar-refractivity contribution in [2.45, 2.75) is 25.7 Å². The molecule has 0 spiro atoms. The highest BCUT2D eigenvalue weighted by Crippen LogP contribution is 2.40. The maximum atomic E-state index is 11.8. The van der Waals surface area contributed by atoms with Gasteiger partial charge in [0, 0.05) is 24.1 Å². The zero-order chi connectivity index (χ0) is 14.2. The van der Waals surface area contributed by atoms with Gasteiger partial charge in [-0.05, 0) is 42.5 Å². The van der Waals surface area contributed by atoms with Crippen LogP contribution in [0.4, 0.5) is 0 Å². The summed E-state index contributed by atoms with van der Waals surface area (Å²) in [5.41, 5.74) is 1.44. The Kier molecular flexibility index (Phi) is 3.73. The number of halogens is 1. The standard InChI is InChI=1S/C15H17BrO4/c16-12-7-10-1-4-20-13(10)11(8-12)9-15(14(17)18)2-5-19-6-3-15/h7-8H,1-6,9H2,(H,17,18). The van der Waals surface area contributed by atoms with Crippen LogP contribution in [-0.4, -0.2) is 30.9 Å². The van der Waals surface area contributed by atoms with Crippen molar-refractivity contribution < 1.29 is 19.4 Å². The van der Waals surface area contributed by atoms with Crippen molar-refractivity contribution in [1.29, 1.82) is 0 Å². The van der Waals surface area contributed by atoms with Crippen molar-refractivity contribution in [3.63, 3.8) is 0 Å². The summed E-state index contributed by atoms with van der Waals surface area (Å²) in [5.74, 6) is 0.160. The highest BCUT2D eigenvalue weighted by molar-refractivity contribution is 9.10. The number of benzene rings is 1. The highest BCUT2D eigenvalue weighted by Gasteiger charge is 2.41. The van der Waals surface area contributed by atoms with Crippen LogP contribution in [0.2, 0.25) is 0 Å². The van der Waals surface area contributed by atoms with Crippen molar-refractivity contribution in [3.8, 4) is 5.75 Å². The SMILES string of the molecule is O=C(O)C1(Cc2cc(Br)cc3c2OCC3)CCOCC1. The lowest BCUT2D eigenvalue weighted by molar-refractivity contribution is -0.154. The number of carboxylic acid groups (broad SMARTS) is 1. The van der Waals surface area contributed by atoms with Gasteiger partial charge in [0.1, 0.15) is 5.75 Å². The Labute approximate surface area is 126 Å². The molecule has 0 amide bonds. The van der Waals surface area contributed by atoms with E-state index in [4.69, 9.17) is 9.47 Å². The van der Waals surface area contributed by atoms with E-state index in [1.807, 2.05) is 6.07 Å². The number of aliphatic carboxylic acids is 1. The van der Waals surface area contributed by atoms with Crippen LogP contribution in [-0.2, 0) is 22.4 Å². The predicted octanol–water partition coefficient (Wildman–Crippen LogP) is 2.81. The third-order valence-electron chi connectivity index (χ3n) is 4.26. The van der Waals surface area contributed by atoms with E-state index >= 15 is 0 Å². The normalized spacial score (nSPS) is 20.2. The van der Waals surface area contributed by atoms with Crippen LogP contribution >= 0.6 is 15.9 Å². The molecule has 1 N–H and O–H groups in total. The minimum atomic E-state index is -0.729. The number of ether oxygens (including phenoxy) is 2. The van der Waals surface area contributed by atoms with Gasteiger partial charge in [-0.25, -0.2) is 0 Å². The minimum absolute atomic E-state index is 0.507. The molecule has 20 heavy (non-hydrogen) atoms. The van der Waals surface area contributed by atoms with Gasteiger partial charge in [0.05, 0.1) is 12.0 Å². The van der Waals surface area contributed by atoms with Crippen molar-refractivity contribution in [3.05, 3.63) is 27.7 Å². The van der Waals surface area contributed by atoms with Crippen LogP contribution in [0.5, 0.6) is 5.75 Å². The van der Waals surface area contributed by atoms with Gasteiger partial charge in [-0.2, -0.15) is 0 Å². The average Bonchev–Trinajstić information content (AvgIpc) is 2.88. The maximum absolute atomic E-state index is 11.8. The van der Waals surface area contributed by atoms with Crippen molar-refractivity contribution in [2.75, 3.05) is 19.8 Å². The zero-order valence-electron chi connectivity index (χ0n) is 11.2. The molecule has 0 saturated carbocycles. The molecule has 1 aromatic rings.